The Labute approximate surface area is 238 Å². The number of fused-ring (bicyclic) bond motifs is 1. The van der Waals surface area contributed by atoms with E-state index in [1.54, 1.807) is 37.4 Å². The van der Waals surface area contributed by atoms with E-state index in [9.17, 15) is 28.1 Å². The number of nitrogens with one attached hydrogen (secondary N) is 1. The molecule has 0 spiro atoms. The van der Waals surface area contributed by atoms with Gasteiger partial charge in [-0.3, -0.25) is 15.1 Å². The normalized spacial score (nSPS) is 10.8. The van der Waals surface area contributed by atoms with Crippen LogP contribution in [0, 0.1) is 10.1 Å². The summed E-state index contributed by atoms with van der Waals surface area (Å²) >= 11 is 0. The van der Waals surface area contributed by atoms with Gasteiger partial charge in [0.2, 0.25) is 5.75 Å². The molecule has 0 radical (unpaired) electrons. The predicted octanol–water partition coefficient (Wildman–Crippen LogP) is 5.10. The molecule has 5 aromatic rings. The van der Waals surface area contributed by atoms with Crippen LogP contribution in [0.3, 0.4) is 0 Å². The number of ether oxygens (including phenoxy) is 1. The number of rotatable bonds is 8. The van der Waals surface area contributed by atoms with E-state index in [1.165, 1.54) is 61.1 Å². The molecule has 14 heteroatoms. The number of aromatic nitrogens is 2. The molecular formula is C28H22N4O9S. The van der Waals surface area contributed by atoms with Gasteiger partial charge in [-0.1, -0.05) is 18.2 Å². The van der Waals surface area contributed by atoms with Crippen molar-refractivity contribution in [1.29, 1.82) is 0 Å². The highest BCUT2D eigenvalue weighted by molar-refractivity contribution is 7.90. The molecule has 0 bridgehead atoms. The molecule has 0 aliphatic carbocycles. The third-order valence-electron chi connectivity index (χ3n) is 5.85. The lowest BCUT2D eigenvalue weighted by Crippen LogP contribution is -2.12. The number of nitro groups is 1. The minimum atomic E-state index is -3.92. The Hall–Kier alpha value is -5.76. The fourth-order valence-corrected chi connectivity index (χ4v) is 5.19. The van der Waals surface area contributed by atoms with Gasteiger partial charge in [-0.25, -0.2) is 22.0 Å². The number of hydrogen-bond acceptors (Lipinski definition) is 9. The number of carboxylic acids is 2. The third kappa shape index (κ3) is 6.18. The number of aromatic carboxylic acids is 2. The van der Waals surface area contributed by atoms with Crippen LogP contribution in [0.15, 0.2) is 102 Å². The van der Waals surface area contributed by atoms with Crippen LogP contribution in [0.1, 0.15) is 20.7 Å². The molecule has 0 fully saturated rings. The number of nitro benzene ring substituents is 1. The highest BCUT2D eigenvalue weighted by Crippen LogP contribution is 2.35. The number of pyridine rings is 1. The van der Waals surface area contributed by atoms with Gasteiger partial charge in [0.05, 0.1) is 27.3 Å². The number of nitrogens with zero attached hydrogens (tertiary/aromatic N) is 3. The summed E-state index contributed by atoms with van der Waals surface area (Å²) in [5.41, 5.74) is 0.741. The van der Waals surface area contributed by atoms with Gasteiger partial charge in [0, 0.05) is 43.2 Å². The zero-order valence-electron chi connectivity index (χ0n) is 21.7. The topological polar surface area (TPSA) is 191 Å². The second-order valence-electron chi connectivity index (χ2n) is 8.48. The quantitative estimate of drug-likeness (QED) is 0.161. The number of benzene rings is 3. The maximum Gasteiger partial charge on any atom is 0.335 e. The van der Waals surface area contributed by atoms with Gasteiger partial charge < -0.3 is 20.3 Å². The maximum atomic E-state index is 13.2. The first-order chi connectivity index (χ1) is 20.0. The van der Waals surface area contributed by atoms with Crippen molar-refractivity contribution in [2.24, 2.45) is 0 Å². The van der Waals surface area contributed by atoms with Gasteiger partial charge in [-0.15, -0.1) is 0 Å². The van der Waals surface area contributed by atoms with Crippen molar-refractivity contribution in [3.05, 3.63) is 119 Å². The van der Waals surface area contributed by atoms with Crippen LogP contribution in [-0.4, -0.2) is 51.5 Å². The molecular weight excluding hydrogens is 568 g/mol. The van der Waals surface area contributed by atoms with E-state index in [0.29, 0.717) is 16.6 Å². The van der Waals surface area contributed by atoms with E-state index in [0.717, 1.165) is 10.0 Å². The molecule has 3 aromatic carbocycles. The summed E-state index contributed by atoms with van der Waals surface area (Å²) in [6, 6.07) is 19.0. The Morgan fingerprint density at radius 2 is 1.64 bits per heavy atom. The second kappa shape index (κ2) is 12.2. The molecule has 0 unspecified atom stereocenters. The maximum absolute atomic E-state index is 13.2. The van der Waals surface area contributed by atoms with Gasteiger partial charge in [0.25, 0.3) is 10.0 Å². The van der Waals surface area contributed by atoms with Crippen LogP contribution < -0.4 is 10.1 Å². The van der Waals surface area contributed by atoms with E-state index >= 15 is 0 Å². The lowest BCUT2D eigenvalue weighted by atomic mass is 10.1. The number of carboxylic acid groups (broad SMARTS) is 2. The smallest absolute Gasteiger partial charge is 0.335 e. The van der Waals surface area contributed by atoms with Crippen LogP contribution in [0.5, 0.6) is 11.5 Å². The Morgan fingerprint density at radius 3 is 2.24 bits per heavy atom. The summed E-state index contributed by atoms with van der Waals surface area (Å²) in [7, 11) is -2.23. The largest absolute Gasteiger partial charge is 0.478 e. The average molecular weight is 591 g/mol. The number of hydrogen-bond donors (Lipinski definition) is 3. The van der Waals surface area contributed by atoms with Gasteiger partial charge in [-0.2, -0.15) is 0 Å². The fraction of sp³-hybridized carbons (Fsp3) is 0.0357. The molecule has 0 saturated carbocycles. The Bertz CT molecular complexity index is 1880. The number of para-hydroxylation sites is 2. The zero-order chi connectivity index (χ0) is 30.4. The van der Waals surface area contributed by atoms with Gasteiger partial charge in [0.15, 0.2) is 0 Å². The van der Waals surface area contributed by atoms with Gasteiger partial charge >= 0.3 is 17.6 Å². The molecule has 2 heterocycles. The second-order valence-corrected chi connectivity index (χ2v) is 10.3. The van der Waals surface area contributed by atoms with Crippen molar-refractivity contribution in [3.63, 3.8) is 0 Å². The fourth-order valence-electron chi connectivity index (χ4n) is 3.86. The van der Waals surface area contributed by atoms with Crippen LogP contribution >= 0.6 is 0 Å². The highest BCUT2D eigenvalue weighted by Gasteiger charge is 2.22. The van der Waals surface area contributed by atoms with Crippen LogP contribution in [0.2, 0.25) is 0 Å². The van der Waals surface area contributed by atoms with E-state index in [4.69, 9.17) is 14.9 Å². The first kappa shape index (κ1) is 29.2. The number of anilines is 1. The summed E-state index contributed by atoms with van der Waals surface area (Å²) in [6.07, 6.45) is 4.24. The van der Waals surface area contributed by atoms with Gasteiger partial charge in [0.1, 0.15) is 10.6 Å². The molecule has 214 valence electrons. The van der Waals surface area contributed by atoms with Gasteiger partial charge in [-0.05, 0) is 48.5 Å². The van der Waals surface area contributed by atoms with Crippen molar-refractivity contribution in [2.45, 2.75) is 4.90 Å². The van der Waals surface area contributed by atoms with Crippen molar-refractivity contribution >= 4 is 44.2 Å². The zero-order valence-corrected chi connectivity index (χ0v) is 22.6. The standard InChI is InChI=1S/C20H16N4O5S.C8H6O4/c1-21-17-13-23(30(27,28)15-5-4-10-22-12-15)19-11-14(8-9-16(17)19)29-20-7-3-2-6-18(20)24(25)26;9-7(10)5-2-1-3-6(4-5)8(11)12/h2-13,21H,1H3;1-4H,(H,9,10)(H,11,12). The van der Waals surface area contributed by atoms with Crippen LogP contribution in [-0.2, 0) is 10.0 Å². The summed E-state index contributed by atoms with van der Waals surface area (Å²) in [5.74, 6) is -1.93. The minimum Gasteiger partial charge on any atom is -0.478 e. The molecule has 5 rings (SSSR count). The molecule has 42 heavy (non-hydrogen) atoms. The summed E-state index contributed by atoms with van der Waals surface area (Å²) in [6.45, 7) is 0. The van der Waals surface area contributed by atoms with Crippen molar-refractivity contribution in [1.82, 2.24) is 8.96 Å². The van der Waals surface area contributed by atoms with E-state index in [-0.39, 0.29) is 33.2 Å². The van der Waals surface area contributed by atoms with Crippen molar-refractivity contribution in [3.8, 4) is 11.5 Å². The SMILES string of the molecule is CNc1cn(S(=O)(=O)c2cccnc2)c2cc(Oc3ccccc3[N+](=O)[O-])ccc12.O=C(O)c1cccc(C(=O)O)c1. The summed E-state index contributed by atoms with van der Waals surface area (Å²) < 4.78 is 33.2. The molecule has 0 amide bonds. The molecule has 2 aromatic heterocycles. The highest BCUT2D eigenvalue weighted by atomic mass is 32.2. The third-order valence-corrected chi connectivity index (χ3v) is 7.51. The molecule has 13 nitrogen and oxygen atoms in total. The van der Waals surface area contributed by atoms with E-state index in [2.05, 4.69) is 10.3 Å². The van der Waals surface area contributed by atoms with E-state index in [1.807, 2.05) is 0 Å². The monoisotopic (exact) mass is 590 g/mol. The first-order valence-corrected chi connectivity index (χ1v) is 13.4. The molecule has 0 aliphatic heterocycles. The summed E-state index contributed by atoms with van der Waals surface area (Å²) in [4.78, 5) is 35.4. The Kier molecular flexibility index (Phi) is 8.48. The molecule has 0 saturated heterocycles. The first-order valence-electron chi connectivity index (χ1n) is 12.0. The molecule has 0 aliphatic rings. The van der Waals surface area contributed by atoms with Crippen LogP contribution in [0.25, 0.3) is 10.9 Å². The Balaban J connectivity index is 0.000000283. The lowest BCUT2D eigenvalue weighted by Gasteiger charge is -2.09. The molecule has 3 N–H and O–H groups in total. The Morgan fingerprint density at radius 1 is 0.952 bits per heavy atom. The van der Waals surface area contributed by atoms with Crippen LogP contribution in [0.4, 0.5) is 11.4 Å². The van der Waals surface area contributed by atoms with Crippen molar-refractivity contribution in [2.75, 3.05) is 12.4 Å². The summed E-state index contributed by atoms with van der Waals surface area (Å²) in [5, 5.41) is 31.9. The average Bonchev–Trinajstić information content (AvgIpc) is 3.37. The predicted molar refractivity (Wildman–Crippen MR) is 152 cm³/mol. The van der Waals surface area contributed by atoms with E-state index < -0.39 is 26.9 Å². The molecule has 0 atom stereocenters. The lowest BCUT2D eigenvalue weighted by molar-refractivity contribution is -0.385. The van der Waals surface area contributed by atoms with Crippen molar-refractivity contribution < 1.29 is 37.9 Å². The number of carbonyl (C=O) groups is 2. The minimum absolute atomic E-state index is 0.0186.